The zero-order valence-corrected chi connectivity index (χ0v) is 3.74. The van der Waals surface area contributed by atoms with E-state index < -0.39 is 0 Å². The van der Waals surface area contributed by atoms with Crippen molar-refractivity contribution in [2.24, 2.45) is 0 Å². The van der Waals surface area contributed by atoms with Crippen LogP contribution in [0.3, 0.4) is 0 Å². The van der Waals surface area contributed by atoms with Gasteiger partial charge in [-0.25, -0.2) is 0 Å². The SMILES string of the molecule is O=CO.OCCO.[NaH]. The summed E-state index contributed by atoms with van der Waals surface area (Å²) >= 11 is 0. The van der Waals surface area contributed by atoms with E-state index in [-0.39, 0.29) is 49.2 Å². The van der Waals surface area contributed by atoms with E-state index in [1.807, 2.05) is 0 Å². The summed E-state index contributed by atoms with van der Waals surface area (Å²) in [5, 5.41) is 22.1. The Morgan fingerprint density at radius 3 is 1.38 bits per heavy atom. The molecule has 0 rings (SSSR count). The molecule has 0 aromatic carbocycles. The summed E-state index contributed by atoms with van der Waals surface area (Å²) in [6.07, 6.45) is 0. The molecular formula is C3H9NaO4. The summed E-state index contributed by atoms with van der Waals surface area (Å²) < 4.78 is 0. The summed E-state index contributed by atoms with van der Waals surface area (Å²) in [7, 11) is 0. The fourth-order valence-corrected chi connectivity index (χ4v) is 0. The first-order valence-corrected chi connectivity index (χ1v) is 1.63. The molecule has 3 N–H and O–H groups in total. The molecule has 0 radical (unpaired) electrons. The predicted octanol–water partition coefficient (Wildman–Crippen LogP) is -1.98. The second-order valence-electron chi connectivity index (χ2n) is 0.553. The van der Waals surface area contributed by atoms with E-state index in [0.29, 0.717) is 0 Å². The van der Waals surface area contributed by atoms with Crippen LogP contribution in [0.2, 0.25) is 0 Å². The molecule has 0 atom stereocenters. The molecule has 0 unspecified atom stereocenters. The molecule has 0 heterocycles. The Morgan fingerprint density at radius 1 is 1.25 bits per heavy atom. The first-order valence-electron chi connectivity index (χ1n) is 1.63. The van der Waals surface area contributed by atoms with Gasteiger partial charge in [0.25, 0.3) is 6.47 Å². The zero-order chi connectivity index (χ0) is 6.12. The standard InChI is InChI=1S/C2H6O2.CH2O2.Na.H/c3-1-2-4;2-1-3;;/h3-4H,1-2H2;1H,(H,2,3);;. The first-order chi connectivity index (χ1) is 3.33. The monoisotopic (exact) mass is 132 g/mol. The Balaban J connectivity index is -0.0000000575. The van der Waals surface area contributed by atoms with Gasteiger partial charge in [-0.05, 0) is 0 Å². The van der Waals surface area contributed by atoms with Gasteiger partial charge in [0, 0.05) is 0 Å². The van der Waals surface area contributed by atoms with Gasteiger partial charge in [-0.15, -0.1) is 0 Å². The normalized spacial score (nSPS) is 5.25. The molecule has 0 aromatic rings. The summed E-state index contributed by atoms with van der Waals surface area (Å²) in [5.41, 5.74) is 0. The summed E-state index contributed by atoms with van der Waals surface area (Å²) in [6.45, 7) is -0.500. The number of carboxylic acid groups (broad SMARTS) is 1. The molecule has 0 bridgehead atoms. The molecule has 0 spiro atoms. The Bertz CT molecular complexity index is 30.5. The van der Waals surface area contributed by atoms with Crippen molar-refractivity contribution in [2.45, 2.75) is 0 Å². The summed E-state index contributed by atoms with van der Waals surface area (Å²) in [6, 6.07) is 0. The molecular weight excluding hydrogens is 123 g/mol. The Kier molecular flexibility index (Phi) is 51.8. The van der Waals surface area contributed by atoms with Crippen molar-refractivity contribution in [1.82, 2.24) is 0 Å². The number of aliphatic hydroxyl groups is 2. The van der Waals surface area contributed by atoms with Gasteiger partial charge in [-0.1, -0.05) is 0 Å². The second kappa shape index (κ2) is 26.3. The fourth-order valence-electron chi connectivity index (χ4n) is 0. The van der Waals surface area contributed by atoms with E-state index >= 15 is 0 Å². The first kappa shape index (κ1) is 15.8. The van der Waals surface area contributed by atoms with Gasteiger partial charge >= 0.3 is 29.6 Å². The number of carbonyl (C=O) groups is 1. The van der Waals surface area contributed by atoms with Crippen LogP contribution < -0.4 is 0 Å². The van der Waals surface area contributed by atoms with Crippen LogP contribution in [-0.2, 0) is 4.79 Å². The fraction of sp³-hybridized carbons (Fsp3) is 0.667. The predicted molar refractivity (Wildman–Crippen MR) is 30.0 cm³/mol. The quantitative estimate of drug-likeness (QED) is 0.285. The maximum atomic E-state index is 8.36. The van der Waals surface area contributed by atoms with Crippen LogP contribution in [0.1, 0.15) is 0 Å². The van der Waals surface area contributed by atoms with Crippen molar-refractivity contribution in [3.63, 3.8) is 0 Å². The van der Waals surface area contributed by atoms with E-state index in [1.165, 1.54) is 0 Å². The van der Waals surface area contributed by atoms with Crippen molar-refractivity contribution in [3.05, 3.63) is 0 Å². The molecule has 0 aromatic heterocycles. The van der Waals surface area contributed by atoms with Gasteiger partial charge in [-0.3, -0.25) is 4.79 Å². The van der Waals surface area contributed by atoms with Gasteiger partial charge in [0.15, 0.2) is 0 Å². The number of hydrogen-bond donors (Lipinski definition) is 3. The van der Waals surface area contributed by atoms with Crippen LogP contribution in [0.15, 0.2) is 0 Å². The second-order valence-corrected chi connectivity index (χ2v) is 0.553. The molecule has 5 heteroatoms. The average molecular weight is 132 g/mol. The molecule has 0 fully saturated rings. The van der Waals surface area contributed by atoms with Crippen LogP contribution in [0, 0.1) is 0 Å². The Labute approximate surface area is 69.4 Å². The molecule has 4 nitrogen and oxygen atoms in total. The van der Waals surface area contributed by atoms with E-state index in [1.54, 1.807) is 0 Å². The Morgan fingerprint density at radius 2 is 1.38 bits per heavy atom. The third-order valence-electron chi connectivity index (χ3n) is 0.1000. The van der Waals surface area contributed by atoms with E-state index in [9.17, 15) is 0 Å². The average Bonchev–Trinajstić information content (AvgIpc) is 1.69. The van der Waals surface area contributed by atoms with Gasteiger partial charge in [-0.2, -0.15) is 0 Å². The van der Waals surface area contributed by atoms with E-state index in [4.69, 9.17) is 20.1 Å². The third kappa shape index (κ3) is 96.1. The van der Waals surface area contributed by atoms with Crippen molar-refractivity contribution in [1.29, 1.82) is 0 Å². The van der Waals surface area contributed by atoms with Crippen molar-refractivity contribution in [3.8, 4) is 0 Å². The maximum absolute atomic E-state index is 8.36. The van der Waals surface area contributed by atoms with Gasteiger partial charge in [0.05, 0.1) is 13.2 Å². The van der Waals surface area contributed by atoms with E-state index in [2.05, 4.69) is 0 Å². The van der Waals surface area contributed by atoms with Gasteiger partial charge in [0.1, 0.15) is 0 Å². The minimum atomic E-state index is -0.250. The summed E-state index contributed by atoms with van der Waals surface area (Å²) in [5.74, 6) is 0. The third-order valence-corrected chi connectivity index (χ3v) is 0.1000. The van der Waals surface area contributed by atoms with Crippen molar-refractivity contribution >= 4 is 36.0 Å². The zero-order valence-electron chi connectivity index (χ0n) is 3.74. The molecule has 0 saturated heterocycles. The molecule has 0 saturated carbocycles. The topological polar surface area (TPSA) is 77.8 Å². The molecule has 0 aliphatic carbocycles. The van der Waals surface area contributed by atoms with Crippen LogP contribution in [0.4, 0.5) is 0 Å². The molecule has 0 amide bonds. The van der Waals surface area contributed by atoms with Crippen molar-refractivity contribution < 1.29 is 20.1 Å². The minimum absolute atomic E-state index is 0. The van der Waals surface area contributed by atoms with Gasteiger partial charge < -0.3 is 15.3 Å². The molecule has 46 valence electrons. The summed E-state index contributed by atoms with van der Waals surface area (Å²) in [4.78, 5) is 8.36. The van der Waals surface area contributed by atoms with Crippen LogP contribution >= 0.6 is 0 Å². The molecule has 0 aliphatic rings. The number of rotatable bonds is 1. The van der Waals surface area contributed by atoms with Crippen LogP contribution in [0.25, 0.3) is 0 Å². The number of hydrogen-bond acceptors (Lipinski definition) is 3. The molecule has 8 heavy (non-hydrogen) atoms. The van der Waals surface area contributed by atoms with Crippen LogP contribution in [-0.4, -0.2) is 64.6 Å². The van der Waals surface area contributed by atoms with Crippen LogP contribution in [0.5, 0.6) is 0 Å². The van der Waals surface area contributed by atoms with Gasteiger partial charge in [0.2, 0.25) is 0 Å². The van der Waals surface area contributed by atoms with E-state index in [0.717, 1.165) is 0 Å². The molecule has 0 aliphatic heterocycles. The Hall–Kier alpha value is 0.390. The number of aliphatic hydroxyl groups excluding tert-OH is 2. The van der Waals surface area contributed by atoms with Crippen molar-refractivity contribution in [2.75, 3.05) is 13.2 Å².